The predicted molar refractivity (Wildman–Crippen MR) is 258 cm³/mol. The fourth-order valence-corrected chi connectivity index (χ4v) is 9.84. The van der Waals surface area contributed by atoms with Crippen molar-refractivity contribution in [2.24, 2.45) is 0 Å². The van der Waals surface area contributed by atoms with Crippen molar-refractivity contribution in [3.63, 3.8) is 0 Å². The summed E-state index contributed by atoms with van der Waals surface area (Å²) in [6.45, 7) is 0. The Hall–Kier alpha value is -8.34. The van der Waals surface area contributed by atoms with Gasteiger partial charge in [-0.1, -0.05) is 146 Å². The Morgan fingerprint density at radius 3 is 1.63 bits per heavy atom. The average Bonchev–Trinajstić information content (AvgIpc) is 4.03. The minimum Gasteiger partial charge on any atom is -0.456 e. The van der Waals surface area contributed by atoms with E-state index in [9.17, 15) is 0 Å². The highest BCUT2D eigenvalue weighted by Crippen LogP contribution is 2.45. The molecule has 0 aliphatic rings. The van der Waals surface area contributed by atoms with E-state index < -0.39 is 0 Å². The third kappa shape index (κ3) is 5.20. The summed E-state index contributed by atoms with van der Waals surface area (Å²) >= 11 is 0. The van der Waals surface area contributed by atoms with Crippen LogP contribution in [-0.4, -0.2) is 4.57 Å². The van der Waals surface area contributed by atoms with Gasteiger partial charge in [-0.15, -0.1) is 0 Å². The van der Waals surface area contributed by atoms with Crippen LogP contribution in [0.15, 0.2) is 227 Å². The Morgan fingerprint density at radius 2 is 0.887 bits per heavy atom. The van der Waals surface area contributed by atoms with E-state index in [1.54, 1.807) is 0 Å². The molecule has 0 bridgehead atoms. The van der Waals surface area contributed by atoms with Crippen LogP contribution < -0.4 is 4.90 Å². The normalized spacial score (nSPS) is 11.9. The largest absolute Gasteiger partial charge is 0.456 e. The van der Waals surface area contributed by atoms with E-state index in [1.807, 2.05) is 12.1 Å². The molecule has 4 heteroatoms. The number of furan rings is 2. The molecule has 0 radical (unpaired) electrons. The van der Waals surface area contributed by atoms with Crippen molar-refractivity contribution < 1.29 is 8.83 Å². The molecule has 13 rings (SSSR count). The molecule has 0 saturated heterocycles. The van der Waals surface area contributed by atoms with Gasteiger partial charge < -0.3 is 18.3 Å². The Labute approximate surface area is 356 Å². The van der Waals surface area contributed by atoms with Crippen molar-refractivity contribution in [2.45, 2.75) is 0 Å². The Kier molecular flexibility index (Phi) is 7.57. The summed E-state index contributed by atoms with van der Waals surface area (Å²) in [4.78, 5) is 2.36. The second-order valence-electron chi connectivity index (χ2n) is 16.0. The highest BCUT2D eigenvalue weighted by molar-refractivity contribution is 6.19. The molecule has 13 aromatic rings. The predicted octanol–water partition coefficient (Wildman–Crippen LogP) is 16.5. The molecule has 0 unspecified atom stereocenters. The number of rotatable bonds is 6. The first-order valence-electron chi connectivity index (χ1n) is 21.1. The van der Waals surface area contributed by atoms with E-state index in [-0.39, 0.29) is 0 Å². The van der Waals surface area contributed by atoms with E-state index in [4.69, 9.17) is 8.83 Å². The van der Waals surface area contributed by atoms with Gasteiger partial charge in [-0.05, 0) is 94.9 Å². The quantitative estimate of drug-likeness (QED) is 0.168. The van der Waals surface area contributed by atoms with Gasteiger partial charge in [-0.3, -0.25) is 0 Å². The number of hydrogen-bond donors (Lipinski definition) is 0. The SMILES string of the molecule is c1ccc(-n2c3ccccc3c3ccccc32)c(-c2ccc(N(c3ccc(-c4cccc5oc6c7ccccc7ccc6c45)cc3)c3cccc4oc5ccccc5c34)cc2)c1. The summed E-state index contributed by atoms with van der Waals surface area (Å²) in [7, 11) is 0. The summed E-state index contributed by atoms with van der Waals surface area (Å²) < 4.78 is 15.4. The molecule has 4 nitrogen and oxygen atoms in total. The van der Waals surface area contributed by atoms with Crippen LogP contribution in [0.2, 0.25) is 0 Å². The minimum atomic E-state index is 0.855. The van der Waals surface area contributed by atoms with Gasteiger partial charge in [0.15, 0.2) is 0 Å². The zero-order valence-corrected chi connectivity index (χ0v) is 33.5. The minimum absolute atomic E-state index is 0.855. The van der Waals surface area contributed by atoms with Crippen molar-refractivity contribution >= 4 is 93.5 Å². The van der Waals surface area contributed by atoms with E-state index >= 15 is 0 Å². The molecule has 0 aliphatic heterocycles. The standard InChI is InChI=1S/C58H36N2O2/c1-2-15-44-37(13-1)31-36-48-56-43(19-11-25-54(56)62-58(44)48)39-29-34-41(35-30-39)59(52-23-12-26-55-57(52)47-18-6-10-24-53(47)61-55)40-32-27-38(28-33-40)42-14-3-7-20-49(42)60-50-21-8-4-16-45(50)46-17-5-9-22-51(46)60/h1-36H. The second-order valence-corrected chi connectivity index (χ2v) is 16.0. The molecule has 0 amide bonds. The van der Waals surface area contributed by atoms with Gasteiger partial charge >= 0.3 is 0 Å². The van der Waals surface area contributed by atoms with Crippen molar-refractivity contribution in [1.29, 1.82) is 0 Å². The third-order valence-electron chi connectivity index (χ3n) is 12.6. The molecule has 0 aliphatic carbocycles. The maximum atomic E-state index is 6.56. The molecule has 290 valence electrons. The summed E-state index contributed by atoms with van der Waals surface area (Å²) in [6.07, 6.45) is 0. The van der Waals surface area contributed by atoms with Crippen LogP contribution in [-0.2, 0) is 0 Å². The topological polar surface area (TPSA) is 34.5 Å². The number of nitrogens with zero attached hydrogens (tertiary/aromatic N) is 2. The summed E-state index contributed by atoms with van der Waals surface area (Å²) in [5, 5.41) is 9.21. The van der Waals surface area contributed by atoms with Gasteiger partial charge in [-0.2, -0.15) is 0 Å². The van der Waals surface area contributed by atoms with Crippen LogP contribution in [0, 0.1) is 0 Å². The fraction of sp³-hybridized carbons (Fsp3) is 0. The lowest BCUT2D eigenvalue weighted by atomic mass is 9.97. The van der Waals surface area contributed by atoms with E-state index in [0.29, 0.717) is 0 Å². The fourth-order valence-electron chi connectivity index (χ4n) is 9.84. The van der Waals surface area contributed by atoms with Crippen LogP contribution in [0.1, 0.15) is 0 Å². The summed E-state index contributed by atoms with van der Waals surface area (Å²) in [6, 6.07) is 77.9. The van der Waals surface area contributed by atoms with Crippen LogP contribution in [0.5, 0.6) is 0 Å². The molecule has 0 saturated carbocycles. The summed E-state index contributed by atoms with van der Waals surface area (Å²) in [5.41, 5.74) is 14.8. The summed E-state index contributed by atoms with van der Waals surface area (Å²) in [5.74, 6) is 0. The van der Waals surface area contributed by atoms with Gasteiger partial charge in [0, 0.05) is 49.3 Å². The first-order valence-corrected chi connectivity index (χ1v) is 21.1. The van der Waals surface area contributed by atoms with Gasteiger partial charge in [0.05, 0.1) is 27.8 Å². The van der Waals surface area contributed by atoms with Crippen molar-refractivity contribution in [3.8, 4) is 27.9 Å². The number of aromatic nitrogens is 1. The highest BCUT2D eigenvalue weighted by atomic mass is 16.3. The molecule has 0 N–H and O–H groups in total. The first-order chi connectivity index (χ1) is 30.8. The Bertz CT molecular complexity index is 3810. The second kappa shape index (κ2) is 13.6. The monoisotopic (exact) mass is 792 g/mol. The molecule has 0 spiro atoms. The zero-order chi connectivity index (χ0) is 40.7. The zero-order valence-electron chi connectivity index (χ0n) is 33.5. The molecule has 3 heterocycles. The first kappa shape index (κ1) is 34.5. The van der Waals surface area contributed by atoms with Crippen molar-refractivity contribution in [3.05, 3.63) is 218 Å². The van der Waals surface area contributed by atoms with Crippen LogP contribution in [0.4, 0.5) is 17.1 Å². The lowest BCUT2D eigenvalue weighted by Gasteiger charge is -2.27. The molecule has 3 aromatic heterocycles. The number of anilines is 3. The maximum Gasteiger partial charge on any atom is 0.143 e. The third-order valence-corrected chi connectivity index (χ3v) is 12.6. The van der Waals surface area contributed by atoms with Crippen LogP contribution in [0.25, 0.3) is 104 Å². The van der Waals surface area contributed by atoms with Crippen molar-refractivity contribution in [1.82, 2.24) is 4.57 Å². The molecule has 0 fully saturated rings. The van der Waals surface area contributed by atoms with Crippen LogP contribution in [0.3, 0.4) is 0 Å². The van der Waals surface area contributed by atoms with E-state index in [0.717, 1.165) is 88.7 Å². The molecular weight excluding hydrogens is 757 g/mol. The molecule has 62 heavy (non-hydrogen) atoms. The lowest BCUT2D eigenvalue weighted by molar-refractivity contribution is 0.669. The lowest BCUT2D eigenvalue weighted by Crippen LogP contribution is -2.10. The average molecular weight is 793 g/mol. The van der Waals surface area contributed by atoms with E-state index in [2.05, 4.69) is 216 Å². The van der Waals surface area contributed by atoms with Gasteiger partial charge in [0.1, 0.15) is 22.3 Å². The highest BCUT2D eigenvalue weighted by Gasteiger charge is 2.21. The van der Waals surface area contributed by atoms with Crippen LogP contribution >= 0.6 is 0 Å². The molecule has 0 atom stereocenters. The number of benzene rings is 10. The Balaban J connectivity index is 0.959. The number of para-hydroxylation sites is 4. The van der Waals surface area contributed by atoms with Gasteiger partial charge in [0.2, 0.25) is 0 Å². The Morgan fingerprint density at radius 1 is 0.339 bits per heavy atom. The van der Waals surface area contributed by atoms with E-state index in [1.165, 1.54) is 32.8 Å². The van der Waals surface area contributed by atoms with Gasteiger partial charge in [-0.25, -0.2) is 0 Å². The van der Waals surface area contributed by atoms with Crippen molar-refractivity contribution in [2.75, 3.05) is 4.90 Å². The smallest absolute Gasteiger partial charge is 0.143 e. The number of hydrogen-bond acceptors (Lipinski definition) is 3. The number of fused-ring (bicyclic) bond motifs is 11. The maximum absolute atomic E-state index is 6.56. The molecule has 10 aromatic carbocycles. The van der Waals surface area contributed by atoms with Gasteiger partial charge in [0.25, 0.3) is 0 Å². The molecular formula is C58H36N2O2.